The van der Waals surface area contributed by atoms with E-state index in [2.05, 4.69) is 23.8 Å². The van der Waals surface area contributed by atoms with Gasteiger partial charge in [0.2, 0.25) is 0 Å². The van der Waals surface area contributed by atoms with Crippen molar-refractivity contribution in [3.8, 4) is 11.6 Å². The smallest absolute Gasteiger partial charge is 0.397 e. The third-order valence-electron chi connectivity index (χ3n) is 4.54. The summed E-state index contributed by atoms with van der Waals surface area (Å²) in [6.07, 6.45) is 2.38. The molecule has 0 spiro atoms. The van der Waals surface area contributed by atoms with Gasteiger partial charge < -0.3 is 8.98 Å². The zero-order valence-corrected chi connectivity index (χ0v) is 16.1. The van der Waals surface area contributed by atoms with E-state index in [9.17, 15) is 19.7 Å². The average molecular weight is 389 g/mol. The summed E-state index contributed by atoms with van der Waals surface area (Å²) in [4.78, 5) is 42.1. The molecule has 0 radical (unpaired) electrons. The van der Waals surface area contributed by atoms with E-state index in [1.807, 2.05) is 6.92 Å². The van der Waals surface area contributed by atoms with Crippen molar-refractivity contribution < 1.29 is 9.34 Å². The summed E-state index contributed by atoms with van der Waals surface area (Å²) in [5.74, 6) is 0.432. The molecule has 1 N–H and O–H groups in total. The van der Waals surface area contributed by atoms with Gasteiger partial charge in [0.05, 0.1) is 6.07 Å². The van der Waals surface area contributed by atoms with Crippen LogP contribution in [0.3, 0.4) is 0 Å². The predicted molar refractivity (Wildman–Crippen MR) is 103 cm³/mol. The Morgan fingerprint density at radius 2 is 2.00 bits per heavy atom. The van der Waals surface area contributed by atoms with E-state index in [0.29, 0.717) is 24.8 Å². The monoisotopic (exact) mass is 389 g/mol. The van der Waals surface area contributed by atoms with Crippen molar-refractivity contribution in [1.29, 1.82) is 0 Å². The van der Waals surface area contributed by atoms with Crippen LogP contribution in [-0.4, -0.2) is 24.0 Å². The van der Waals surface area contributed by atoms with Crippen molar-refractivity contribution >= 4 is 17.0 Å². The van der Waals surface area contributed by atoms with Crippen LogP contribution in [0.5, 0.6) is 0 Å². The molecule has 0 saturated carbocycles. The number of hydrogen-bond acceptors (Lipinski definition) is 6. The highest BCUT2D eigenvalue weighted by Crippen LogP contribution is 2.28. The highest BCUT2D eigenvalue weighted by atomic mass is 16.6. The van der Waals surface area contributed by atoms with E-state index < -0.39 is 22.1 Å². The Bertz CT molecular complexity index is 1120. The van der Waals surface area contributed by atoms with E-state index in [4.69, 9.17) is 4.42 Å². The fourth-order valence-electron chi connectivity index (χ4n) is 3.04. The highest BCUT2D eigenvalue weighted by molar-refractivity contribution is 5.75. The molecule has 0 amide bonds. The van der Waals surface area contributed by atoms with Crippen LogP contribution in [-0.2, 0) is 13.1 Å². The van der Waals surface area contributed by atoms with Crippen molar-refractivity contribution in [2.45, 2.75) is 53.1 Å². The molecule has 3 aromatic heterocycles. The van der Waals surface area contributed by atoms with Gasteiger partial charge in [0.15, 0.2) is 22.7 Å². The molecule has 0 aliphatic carbocycles. The minimum absolute atomic E-state index is 0.181. The number of furan rings is 1. The van der Waals surface area contributed by atoms with Crippen molar-refractivity contribution in [2.24, 2.45) is 5.92 Å². The summed E-state index contributed by atoms with van der Waals surface area (Å²) in [7, 11) is 0. The number of nitro groups is 1. The van der Waals surface area contributed by atoms with Gasteiger partial charge in [-0.3, -0.25) is 24.5 Å². The molecule has 0 aliphatic rings. The molecule has 0 unspecified atom stereocenters. The van der Waals surface area contributed by atoms with Gasteiger partial charge in [-0.05, 0) is 24.8 Å². The normalized spacial score (nSPS) is 11.6. The standard InChI is InChI=1S/C18H23N5O5/c1-4-5-9-22-16-14(17(24)20-18(22)25)21(10-8-11(2)3)15(19-16)12-6-7-13(28-12)23(26)27/h6-7,11H,4-5,8-10H2,1-3H3,(H,20,24,25). The molecule has 3 aromatic rings. The van der Waals surface area contributed by atoms with E-state index >= 15 is 0 Å². The minimum Gasteiger partial charge on any atom is -0.397 e. The maximum absolute atomic E-state index is 12.6. The van der Waals surface area contributed by atoms with Crippen molar-refractivity contribution in [3.63, 3.8) is 0 Å². The summed E-state index contributed by atoms with van der Waals surface area (Å²) in [5.41, 5.74) is -0.516. The van der Waals surface area contributed by atoms with Crippen LogP contribution >= 0.6 is 0 Å². The lowest BCUT2D eigenvalue weighted by molar-refractivity contribution is -0.401. The van der Waals surface area contributed by atoms with Crippen LogP contribution in [0.4, 0.5) is 5.88 Å². The van der Waals surface area contributed by atoms with Gasteiger partial charge in [0.1, 0.15) is 4.92 Å². The van der Waals surface area contributed by atoms with Crippen molar-refractivity contribution in [2.75, 3.05) is 0 Å². The van der Waals surface area contributed by atoms with Crippen molar-refractivity contribution in [1.82, 2.24) is 19.1 Å². The second-order valence-corrected chi connectivity index (χ2v) is 7.10. The third-order valence-corrected chi connectivity index (χ3v) is 4.54. The van der Waals surface area contributed by atoms with Gasteiger partial charge in [-0.2, -0.15) is 0 Å². The number of rotatable bonds is 8. The van der Waals surface area contributed by atoms with E-state index in [1.165, 1.54) is 16.7 Å². The number of imidazole rings is 1. The molecule has 0 bridgehead atoms. The molecule has 3 heterocycles. The lowest BCUT2D eigenvalue weighted by Gasteiger charge is -2.09. The molecule has 0 aromatic carbocycles. The SMILES string of the molecule is CCCCn1c(=O)[nH]c(=O)c2c1nc(-c1ccc([N+](=O)[O-])o1)n2CCC(C)C. The number of H-pyrrole nitrogens is 1. The summed E-state index contributed by atoms with van der Waals surface area (Å²) < 4.78 is 8.43. The minimum atomic E-state index is -0.630. The number of aromatic amines is 1. The summed E-state index contributed by atoms with van der Waals surface area (Å²) >= 11 is 0. The maximum Gasteiger partial charge on any atom is 0.433 e. The first-order chi connectivity index (χ1) is 13.3. The summed E-state index contributed by atoms with van der Waals surface area (Å²) in [6, 6.07) is 2.70. The quantitative estimate of drug-likeness (QED) is 0.466. The Morgan fingerprint density at radius 3 is 2.61 bits per heavy atom. The number of unbranched alkanes of at least 4 members (excludes halogenated alkanes) is 1. The molecular weight excluding hydrogens is 366 g/mol. The van der Waals surface area contributed by atoms with Gasteiger partial charge in [-0.25, -0.2) is 9.78 Å². The fourth-order valence-corrected chi connectivity index (χ4v) is 3.04. The first-order valence-electron chi connectivity index (χ1n) is 9.31. The number of hydrogen-bond donors (Lipinski definition) is 1. The first-order valence-corrected chi connectivity index (χ1v) is 9.31. The molecular formula is C18H23N5O5. The van der Waals surface area contributed by atoms with Crippen LogP contribution < -0.4 is 11.2 Å². The van der Waals surface area contributed by atoms with Crippen LogP contribution in [0.15, 0.2) is 26.1 Å². The van der Waals surface area contributed by atoms with Gasteiger partial charge in [0, 0.05) is 13.1 Å². The number of nitrogens with one attached hydrogen (secondary N) is 1. The summed E-state index contributed by atoms with van der Waals surface area (Å²) in [5, 5.41) is 11.0. The Hall–Kier alpha value is -3.17. The second-order valence-electron chi connectivity index (χ2n) is 7.10. The molecule has 10 nitrogen and oxygen atoms in total. The maximum atomic E-state index is 12.6. The number of nitrogens with zero attached hydrogens (tertiary/aromatic N) is 4. The Balaban J connectivity index is 2.27. The number of aryl methyl sites for hydroxylation is 2. The Morgan fingerprint density at radius 1 is 1.25 bits per heavy atom. The zero-order chi connectivity index (χ0) is 20.4. The van der Waals surface area contributed by atoms with Crippen LogP contribution in [0.1, 0.15) is 40.0 Å². The van der Waals surface area contributed by atoms with E-state index in [-0.39, 0.29) is 16.9 Å². The lowest BCUT2D eigenvalue weighted by atomic mass is 10.1. The molecule has 3 rings (SSSR count). The van der Waals surface area contributed by atoms with Gasteiger partial charge in [0.25, 0.3) is 5.56 Å². The molecule has 0 aliphatic heterocycles. The Kier molecular flexibility index (Phi) is 5.48. The van der Waals surface area contributed by atoms with Crippen LogP contribution in [0.2, 0.25) is 0 Å². The van der Waals surface area contributed by atoms with Crippen LogP contribution in [0.25, 0.3) is 22.7 Å². The molecule has 0 saturated heterocycles. The van der Waals surface area contributed by atoms with Gasteiger partial charge >= 0.3 is 11.6 Å². The fraction of sp³-hybridized carbons (Fsp3) is 0.500. The molecule has 0 atom stereocenters. The number of fused-ring (bicyclic) bond motifs is 1. The second kappa shape index (κ2) is 7.83. The topological polar surface area (TPSA) is 129 Å². The molecule has 150 valence electrons. The third kappa shape index (κ3) is 3.62. The zero-order valence-electron chi connectivity index (χ0n) is 16.1. The average Bonchev–Trinajstić information content (AvgIpc) is 3.24. The molecule has 0 fully saturated rings. The highest BCUT2D eigenvalue weighted by Gasteiger charge is 2.23. The summed E-state index contributed by atoms with van der Waals surface area (Å²) in [6.45, 7) is 6.99. The first kappa shape index (κ1) is 19.6. The van der Waals surface area contributed by atoms with E-state index in [0.717, 1.165) is 19.3 Å². The van der Waals surface area contributed by atoms with Crippen molar-refractivity contribution in [3.05, 3.63) is 43.1 Å². The predicted octanol–water partition coefficient (Wildman–Crippen LogP) is 2.90. The number of aromatic nitrogens is 4. The largest absolute Gasteiger partial charge is 0.433 e. The van der Waals surface area contributed by atoms with E-state index in [1.54, 1.807) is 4.57 Å². The van der Waals surface area contributed by atoms with Gasteiger partial charge in [-0.15, -0.1) is 0 Å². The Labute approximate surface area is 160 Å². The van der Waals surface area contributed by atoms with Crippen LogP contribution in [0, 0.1) is 16.0 Å². The van der Waals surface area contributed by atoms with Gasteiger partial charge in [-0.1, -0.05) is 27.2 Å². The lowest BCUT2D eigenvalue weighted by Crippen LogP contribution is -2.31. The molecule has 28 heavy (non-hydrogen) atoms. The molecule has 10 heteroatoms.